The first-order valence-corrected chi connectivity index (χ1v) is 14.2. The highest BCUT2D eigenvalue weighted by Gasteiger charge is 2.29. The van der Waals surface area contributed by atoms with E-state index < -0.39 is 11.6 Å². The van der Waals surface area contributed by atoms with Crippen molar-refractivity contribution in [3.8, 4) is 17.2 Å². The van der Waals surface area contributed by atoms with E-state index in [0.717, 1.165) is 19.3 Å². The number of halogens is 3. The second-order valence-corrected chi connectivity index (χ2v) is 10.6. The van der Waals surface area contributed by atoms with Crippen molar-refractivity contribution in [2.45, 2.75) is 38.0 Å². The molecule has 206 valence electrons. The van der Waals surface area contributed by atoms with Crippen LogP contribution in [0.5, 0.6) is 0 Å². The number of hydrogen-bond acceptors (Lipinski definition) is 6. The Morgan fingerprint density at radius 2 is 2.10 bits per heavy atom. The molecule has 2 heterocycles. The predicted octanol–water partition coefficient (Wildman–Crippen LogP) is 6.65. The third-order valence-corrected chi connectivity index (χ3v) is 8.13. The van der Waals surface area contributed by atoms with Crippen LogP contribution in [-0.4, -0.2) is 49.9 Å². The second-order valence-electron chi connectivity index (χ2n) is 9.24. The predicted molar refractivity (Wildman–Crippen MR) is 153 cm³/mol. The summed E-state index contributed by atoms with van der Waals surface area (Å²) in [6, 6.07) is 6.47. The van der Waals surface area contributed by atoms with Gasteiger partial charge >= 0.3 is 0 Å². The Kier molecular flexibility index (Phi) is 9.54. The van der Waals surface area contributed by atoms with E-state index >= 15 is 4.39 Å². The van der Waals surface area contributed by atoms with E-state index in [-0.39, 0.29) is 32.4 Å². The van der Waals surface area contributed by atoms with Crippen molar-refractivity contribution in [3.63, 3.8) is 0 Å². The lowest BCUT2D eigenvalue weighted by Crippen LogP contribution is -2.35. The number of nitrogens with zero attached hydrogens (tertiary/aromatic N) is 3. The minimum Gasteiger partial charge on any atom is -0.481 e. The van der Waals surface area contributed by atoms with Gasteiger partial charge in [-0.05, 0) is 49.1 Å². The molecule has 10 heteroatoms. The van der Waals surface area contributed by atoms with Gasteiger partial charge in [-0.3, -0.25) is 0 Å². The summed E-state index contributed by atoms with van der Waals surface area (Å²) in [5, 5.41) is 9.94. The van der Waals surface area contributed by atoms with Crippen molar-refractivity contribution in [2.75, 3.05) is 39.2 Å². The molecular formula is C29H31ClF2N4O2S. The molecule has 0 bridgehead atoms. The van der Waals surface area contributed by atoms with Crippen molar-refractivity contribution < 1.29 is 18.3 Å². The number of methoxy groups -OCH3 is 1. The SMILES string of the molecule is CCC/C=C(/N=C(\c1cc(Cl)c(-c2ccc(F)c3c2C(C#N)=C(N)CS3)c(F)c1C)N1CCCOCC1)OC. The van der Waals surface area contributed by atoms with Crippen LogP contribution in [0.3, 0.4) is 0 Å². The molecule has 39 heavy (non-hydrogen) atoms. The lowest BCUT2D eigenvalue weighted by molar-refractivity contribution is 0.147. The van der Waals surface area contributed by atoms with Gasteiger partial charge in [-0.1, -0.05) is 31.0 Å². The molecule has 1 fully saturated rings. The monoisotopic (exact) mass is 572 g/mol. The van der Waals surface area contributed by atoms with Crippen molar-refractivity contribution in [1.82, 2.24) is 4.90 Å². The fraction of sp³-hybridized carbons (Fsp3) is 0.379. The molecule has 2 N–H and O–H groups in total. The van der Waals surface area contributed by atoms with E-state index in [1.165, 1.54) is 23.9 Å². The van der Waals surface area contributed by atoms with E-state index in [2.05, 4.69) is 17.9 Å². The lowest BCUT2D eigenvalue weighted by Gasteiger charge is -2.27. The van der Waals surface area contributed by atoms with Crippen LogP contribution in [0.4, 0.5) is 8.78 Å². The zero-order chi connectivity index (χ0) is 28.1. The van der Waals surface area contributed by atoms with Gasteiger partial charge in [0.05, 0.1) is 29.2 Å². The third kappa shape index (κ3) is 5.93. The largest absolute Gasteiger partial charge is 0.481 e. The van der Waals surface area contributed by atoms with Gasteiger partial charge in [0.15, 0.2) is 0 Å². The summed E-state index contributed by atoms with van der Waals surface area (Å²) >= 11 is 7.98. The lowest BCUT2D eigenvalue weighted by atomic mass is 9.90. The highest BCUT2D eigenvalue weighted by molar-refractivity contribution is 7.99. The zero-order valence-corrected chi connectivity index (χ0v) is 23.8. The number of hydrogen-bond donors (Lipinski definition) is 1. The molecule has 0 unspecified atom stereocenters. The molecule has 0 aliphatic carbocycles. The molecule has 2 aliphatic heterocycles. The van der Waals surface area contributed by atoms with Gasteiger partial charge in [-0.2, -0.15) is 10.3 Å². The summed E-state index contributed by atoms with van der Waals surface area (Å²) in [6.45, 7) is 6.11. The first-order valence-electron chi connectivity index (χ1n) is 12.8. The Bertz CT molecular complexity index is 1390. The highest BCUT2D eigenvalue weighted by Crippen LogP contribution is 2.45. The standard InChI is InChI=1S/C29H31ClF2N4O2S/c1-4-5-7-24(37-3)35-29(36-10-6-12-38-13-11-36)19-14-21(30)26(27(32)17(19)2)18-8-9-22(31)28-25(18)20(15-33)23(34)16-39-28/h7-9,14H,4-6,10-13,16,34H2,1-3H3/b24-7-,35-29+. The fourth-order valence-electron chi connectivity index (χ4n) is 4.67. The number of fused-ring (bicyclic) bond motifs is 1. The van der Waals surface area contributed by atoms with Gasteiger partial charge in [-0.25, -0.2) is 8.78 Å². The smallest absolute Gasteiger partial charge is 0.210 e. The highest BCUT2D eigenvalue weighted by atomic mass is 35.5. The number of ether oxygens (including phenoxy) is 2. The average Bonchev–Trinajstić information content (AvgIpc) is 3.22. The van der Waals surface area contributed by atoms with Gasteiger partial charge in [-0.15, -0.1) is 11.8 Å². The number of aliphatic imine (C=N–C) groups is 1. The maximum Gasteiger partial charge on any atom is 0.210 e. The van der Waals surface area contributed by atoms with Crippen LogP contribution >= 0.6 is 23.4 Å². The number of rotatable bonds is 6. The van der Waals surface area contributed by atoms with Gasteiger partial charge in [0, 0.05) is 47.8 Å². The number of unbranched alkanes of at least 4 members (excludes halogenated alkanes) is 1. The first kappa shape index (κ1) is 28.9. The topological polar surface area (TPSA) is 83.9 Å². The van der Waals surface area contributed by atoms with Crippen molar-refractivity contribution in [3.05, 3.63) is 69.2 Å². The van der Waals surface area contributed by atoms with Crippen LogP contribution < -0.4 is 5.73 Å². The van der Waals surface area contributed by atoms with Crippen molar-refractivity contribution in [1.29, 1.82) is 5.26 Å². The molecule has 0 radical (unpaired) electrons. The molecule has 0 amide bonds. The number of amidine groups is 1. The van der Waals surface area contributed by atoms with Crippen LogP contribution in [0.15, 0.2) is 45.7 Å². The molecule has 2 aromatic carbocycles. The van der Waals surface area contributed by atoms with Crippen LogP contribution in [0.25, 0.3) is 16.7 Å². The van der Waals surface area contributed by atoms with Crippen LogP contribution in [-0.2, 0) is 9.47 Å². The van der Waals surface area contributed by atoms with E-state index in [0.29, 0.717) is 60.4 Å². The number of nitriles is 1. The minimum atomic E-state index is -0.576. The van der Waals surface area contributed by atoms with Crippen molar-refractivity contribution >= 4 is 34.8 Å². The summed E-state index contributed by atoms with van der Waals surface area (Å²) in [5.41, 5.74) is 8.05. The number of allylic oxidation sites excluding steroid dienone is 2. The molecular weight excluding hydrogens is 542 g/mol. The third-order valence-electron chi connectivity index (χ3n) is 6.69. The van der Waals surface area contributed by atoms with E-state index in [4.69, 9.17) is 31.8 Å². The van der Waals surface area contributed by atoms with Gasteiger partial charge in [0.2, 0.25) is 5.88 Å². The van der Waals surface area contributed by atoms with Gasteiger partial charge in [0.1, 0.15) is 23.5 Å². The second kappa shape index (κ2) is 12.9. The summed E-state index contributed by atoms with van der Waals surface area (Å²) in [5.74, 6) is 0.173. The molecule has 0 atom stereocenters. The van der Waals surface area contributed by atoms with Crippen LogP contribution in [0.2, 0.25) is 5.02 Å². The van der Waals surface area contributed by atoms with Crippen molar-refractivity contribution in [2.24, 2.45) is 10.7 Å². The molecule has 0 saturated carbocycles. The molecule has 4 rings (SSSR count). The number of thioether (sulfide) groups is 1. The number of nitrogens with two attached hydrogens (primary N) is 1. The Hall–Kier alpha value is -3.06. The van der Waals surface area contributed by atoms with E-state index in [1.807, 2.05) is 6.08 Å². The maximum atomic E-state index is 16.4. The summed E-state index contributed by atoms with van der Waals surface area (Å²) in [4.78, 5) is 7.12. The Balaban J connectivity index is 1.93. The molecule has 2 aliphatic rings. The van der Waals surface area contributed by atoms with E-state index in [1.54, 1.807) is 20.1 Å². The van der Waals surface area contributed by atoms with E-state index in [9.17, 15) is 9.65 Å². The zero-order valence-electron chi connectivity index (χ0n) is 22.2. The van der Waals surface area contributed by atoms with Crippen LogP contribution in [0.1, 0.15) is 42.9 Å². The van der Waals surface area contributed by atoms with Gasteiger partial charge in [0.25, 0.3) is 0 Å². The molecule has 2 aromatic rings. The molecule has 1 saturated heterocycles. The Labute approximate surface area is 237 Å². The summed E-state index contributed by atoms with van der Waals surface area (Å²) in [6.07, 6.45) is 4.39. The maximum absolute atomic E-state index is 16.4. The molecule has 6 nitrogen and oxygen atoms in total. The average molecular weight is 573 g/mol. The summed E-state index contributed by atoms with van der Waals surface area (Å²) < 4.78 is 42.3. The van der Waals surface area contributed by atoms with Crippen LogP contribution in [0, 0.1) is 29.9 Å². The Morgan fingerprint density at radius 3 is 2.82 bits per heavy atom. The molecule has 0 spiro atoms. The first-order chi connectivity index (χ1) is 18.8. The quantitative estimate of drug-likeness (QED) is 0.237. The molecule has 0 aromatic heterocycles. The van der Waals surface area contributed by atoms with Gasteiger partial charge < -0.3 is 20.1 Å². The normalized spacial score (nSPS) is 16.6. The number of benzene rings is 2. The summed E-state index contributed by atoms with van der Waals surface area (Å²) in [7, 11) is 1.55. The fourth-order valence-corrected chi connectivity index (χ4v) is 5.97. The minimum absolute atomic E-state index is 0.0873. The Morgan fingerprint density at radius 1 is 1.31 bits per heavy atom.